The molecule has 244 valence electrons. The molecular formula is C35H42N4O6S. The minimum atomic E-state index is -4.47. The zero-order valence-corrected chi connectivity index (χ0v) is 27.8. The van der Waals surface area contributed by atoms with Gasteiger partial charge in [-0.25, -0.2) is 13.2 Å². The number of nitrogens with two attached hydrogens (primary N) is 1. The van der Waals surface area contributed by atoms with Gasteiger partial charge in [-0.3, -0.25) is 9.59 Å². The van der Waals surface area contributed by atoms with Gasteiger partial charge in [-0.15, -0.1) is 0 Å². The van der Waals surface area contributed by atoms with Crippen molar-refractivity contribution in [1.29, 1.82) is 5.26 Å². The third-order valence-electron chi connectivity index (χ3n) is 7.95. The number of nitriles is 1. The molecule has 0 radical (unpaired) electrons. The van der Waals surface area contributed by atoms with Gasteiger partial charge in [0.1, 0.15) is 17.7 Å². The van der Waals surface area contributed by atoms with Crippen molar-refractivity contribution in [3.8, 4) is 6.07 Å². The molecule has 0 spiro atoms. The zero-order chi connectivity index (χ0) is 33.9. The molecule has 4 rings (SSSR count). The van der Waals surface area contributed by atoms with Crippen molar-refractivity contribution in [3.05, 3.63) is 77.9 Å². The van der Waals surface area contributed by atoms with Crippen molar-refractivity contribution in [3.63, 3.8) is 0 Å². The van der Waals surface area contributed by atoms with E-state index in [1.165, 1.54) is 17.0 Å². The average molecular weight is 647 g/mol. The van der Waals surface area contributed by atoms with Gasteiger partial charge < -0.3 is 20.7 Å². The van der Waals surface area contributed by atoms with E-state index in [1.54, 1.807) is 77.1 Å². The molecular weight excluding hydrogens is 604 g/mol. The number of amides is 2. The van der Waals surface area contributed by atoms with Crippen LogP contribution in [0.1, 0.15) is 65.0 Å². The number of nitrogens with one attached hydrogen (secondary N) is 1. The fourth-order valence-electron chi connectivity index (χ4n) is 5.75. The highest BCUT2D eigenvalue weighted by Gasteiger charge is 2.50. The second kappa shape index (κ2) is 13.6. The number of carbonyl (C=O) groups is 3. The predicted octanol–water partition coefficient (Wildman–Crippen LogP) is 4.25. The number of hydrogen-bond donors (Lipinski definition) is 2. The lowest BCUT2D eigenvalue weighted by atomic mass is 10.00. The van der Waals surface area contributed by atoms with Crippen LogP contribution in [0.25, 0.3) is 10.8 Å². The van der Waals surface area contributed by atoms with E-state index in [1.807, 2.05) is 18.2 Å². The second-order valence-corrected chi connectivity index (χ2v) is 15.5. The number of esters is 1. The van der Waals surface area contributed by atoms with E-state index in [-0.39, 0.29) is 30.2 Å². The Morgan fingerprint density at radius 2 is 1.70 bits per heavy atom. The van der Waals surface area contributed by atoms with Gasteiger partial charge in [-0.05, 0) is 86.6 Å². The number of hydrogen-bond acceptors (Lipinski definition) is 8. The molecule has 11 heteroatoms. The third kappa shape index (κ3) is 7.57. The first kappa shape index (κ1) is 34.6. The van der Waals surface area contributed by atoms with Gasteiger partial charge in [0, 0.05) is 13.0 Å². The Bertz CT molecular complexity index is 1760. The maximum atomic E-state index is 14.2. The van der Waals surface area contributed by atoms with Gasteiger partial charge in [-0.2, -0.15) is 5.26 Å². The van der Waals surface area contributed by atoms with Gasteiger partial charge in [0.2, 0.25) is 20.6 Å². The number of fused-ring (bicyclic) bond motifs is 1. The SMILES string of the molecule is CC(C)C[C@](N)(C(=O)N[C@@H](Cc1ccc(C#N)cc1)C(=O)N1CCC[C@H]1C(=O)OC(C)(C)C)S(=O)(=O)c1ccc2ccccc2c1. The number of carbonyl (C=O) groups excluding carboxylic acids is 3. The fraction of sp³-hybridized carbons (Fsp3) is 0.429. The number of benzene rings is 3. The lowest BCUT2D eigenvalue weighted by Gasteiger charge is -2.34. The highest BCUT2D eigenvalue weighted by Crippen LogP contribution is 2.31. The van der Waals surface area contributed by atoms with E-state index in [4.69, 9.17) is 10.5 Å². The summed E-state index contributed by atoms with van der Waals surface area (Å²) in [5.41, 5.74) is 6.91. The van der Waals surface area contributed by atoms with Gasteiger partial charge >= 0.3 is 5.97 Å². The van der Waals surface area contributed by atoms with Gasteiger partial charge in [0.15, 0.2) is 0 Å². The second-order valence-electron chi connectivity index (χ2n) is 13.3. The first-order valence-corrected chi connectivity index (χ1v) is 16.9. The lowest BCUT2D eigenvalue weighted by Crippen LogP contribution is -2.63. The van der Waals surface area contributed by atoms with Crippen molar-refractivity contribution in [2.75, 3.05) is 6.54 Å². The number of nitrogens with zero attached hydrogens (tertiary/aromatic N) is 2. The molecule has 0 unspecified atom stereocenters. The van der Waals surface area contributed by atoms with Crippen LogP contribution in [0.4, 0.5) is 0 Å². The molecule has 0 bridgehead atoms. The van der Waals surface area contributed by atoms with Crippen LogP contribution in [0.15, 0.2) is 71.6 Å². The van der Waals surface area contributed by atoms with Crippen molar-refractivity contribution in [2.24, 2.45) is 11.7 Å². The fourth-order valence-corrected chi connectivity index (χ4v) is 7.56. The van der Waals surface area contributed by atoms with E-state index in [0.29, 0.717) is 29.4 Å². The molecule has 0 saturated carbocycles. The highest BCUT2D eigenvalue weighted by molar-refractivity contribution is 7.93. The Kier molecular flexibility index (Phi) is 10.2. The van der Waals surface area contributed by atoms with Crippen LogP contribution in [0.5, 0.6) is 0 Å². The molecule has 0 aliphatic carbocycles. The largest absolute Gasteiger partial charge is 0.458 e. The molecule has 3 aromatic carbocycles. The van der Waals surface area contributed by atoms with Crippen molar-refractivity contribution >= 4 is 38.4 Å². The van der Waals surface area contributed by atoms with E-state index in [9.17, 15) is 28.1 Å². The van der Waals surface area contributed by atoms with Gasteiger partial charge in [0.05, 0.1) is 16.5 Å². The summed E-state index contributed by atoms with van der Waals surface area (Å²) < 4.78 is 34.0. The molecule has 3 N–H and O–H groups in total. The minimum Gasteiger partial charge on any atom is -0.458 e. The molecule has 3 aromatic rings. The van der Waals surface area contributed by atoms with Crippen LogP contribution in [-0.4, -0.2) is 60.2 Å². The quantitative estimate of drug-likeness (QED) is 0.309. The first-order valence-electron chi connectivity index (χ1n) is 15.4. The summed E-state index contributed by atoms with van der Waals surface area (Å²) >= 11 is 0. The molecule has 10 nitrogen and oxygen atoms in total. The van der Waals surface area contributed by atoms with Crippen molar-refractivity contribution < 1.29 is 27.5 Å². The normalized spacial score (nSPS) is 17.3. The Labute approximate surface area is 270 Å². The average Bonchev–Trinajstić information content (AvgIpc) is 3.49. The first-order chi connectivity index (χ1) is 21.6. The number of sulfone groups is 1. The highest BCUT2D eigenvalue weighted by atomic mass is 32.2. The van der Waals surface area contributed by atoms with Crippen LogP contribution in [0.2, 0.25) is 0 Å². The third-order valence-corrected chi connectivity index (χ3v) is 10.1. The maximum absolute atomic E-state index is 14.2. The number of rotatable bonds is 10. The van der Waals surface area contributed by atoms with E-state index in [0.717, 1.165) is 5.39 Å². The number of ether oxygens (including phenoxy) is 1. The van der Waals surface area contributed by atoms with E-state index in [2.05, 4.69) is 5.32 Å². The van der Waals surface area contributed by atoms with Crippen molar-refractivity contribution in [1.82, 2.24) is 10.2 Å². The maximum Gasteiger partial charge on any atom is 0.329 e. The summed E-state index contributed by atoms with van der Waals surface area (Å²) in [6.07, 6.45) is 0.706. The molecule has 1 saturated heterocycles. The summed E-state index contributed by atoms with van der Waals surface area (Å²) in [4.78, 5) is 40.3. The van der Waals surface area contributed by atoms with Gasteiger partial charge in [0.25, 0.3) is 5.91 Å². The summed E-state index contributed by atoms with van der Waals surface area (Å²) in [6.45, 7) is 9.01. The van der Waals surface area contributed by atoms with Crippen LogP contribution in [-0.2, 0) is 35.4 Å². The Morgan fingerprint density at radius 3 is 2.30 bits per heavy atom. The molecule has 1 aliphatic rings. The molecule has 46 heavy (non-hydrogen) atoms. The number of likely N-dealkylation sites (tertiary alicyclic amines) is 1. The topological polar surface area (TPSA) is 160 Å². The molecule has 1 aliphatic heterocycles. The minimum absolute atomic E-state index is 0.0262. The molecule has 1 fully saturated rings. The van der Waals surface area contributed by atoms with Crippen LogP contribution in [0, 0.1) is 17.2 Å². The summed E-state index contributed by atoms with van der Waals surface area (Å²) in [7, 11) is -4.47. The van der Waals surface area contributed by atoms with Crippen LogP contribution >= 0.6 is 0 Å². The Hall–Kier alpha value is -4.27. The van der Waals surface area contributed by atoms with Gasteiger partial charge in [-0.1, -0.05) is 56.3 Å². The van der Waals surface area contributed by atoms with Crippen LogP contribution in [0.3, 0.4) is 0 Å². The Morgan fingerprint density at radius 1 is 1.04 bits per heavy atom. The predicted molar refractivity (Wildman–Crippen MR) is 175 cm³/mol. The van der Waals surface area contributed by atoms with Crippen LogP contribution < -0.4 is 11.1 Å². The molecule has 3 atom stereocenters. The molecule has 0 aromatic heterocycles. The summed E-state index contributed by atoms with van der Waals surface area (Å²) in [5.74, 6) is -2.42. The Balaban J connectivity index is 1.72. The zero-order valence-electron chi connectivity index (χ0n) is 26.9. The smallest absolute Gasteiger partial charge is 0.329 e. The van der Waals surface area contributed by atoms with E-state index < -0.39 is 50.2 Å². The summed E-state index contributed by atoms with van der Waals surface area (Å²) in [6, 6.07) is 18.3. The van der Waals surface area contributed by atoms with E-state index >= 15 is 0 Å². The summed E-state index contributed by atoms with van der Waals surface area (Å²) in [5, 5.41) is 13.4. The lowest BCUT2D eigenvalue weighted by molar-refractivity contribution is -0.163. The molecule has 2 amide bonds. The monoisotopic (exact) mass is 646 g/mol. The standard InChI is InChI=1S/C35H42N4O6S/c1-23(2)21-35(37,46(43,44)28-17-16-26-9-6-7-10-27(26)20-28)33(42)38-29(19-24-12-14-25(22-36)15-13-24)31(40)39-18-8-11-30(39)32(41)45-34(3,4)5/h6-7,9-10,12-17,20,23,29-30H,8,11,18-19,21,37H2,1-5H3,(H,38,42)/t29-,30-,35+/m0/s1. The van der Waals surface area contributed by atoms with Crippen molar-refractivity contribution in [2.45, 2.75) is 87.8 Å². The molecule has 1 heterocycles.